The van der Waals surface area contributed by atoms with Crippen LogP contribution in [-0.2, 0) is 9.53 Å². The number of ether oxygens (including phenoxy) is 1. The van der Waals surface area contributed by atoms with Crippen LogP contribution in [0.15, 0.2) is 48.8 Å². The van der Waals surface area contributed by atoms with Crippen molar-refractivity contribution in [3.8, 4) is 0 Å². The lowest BCUT2D eigenvalue weighted by Gasteiger charge is -2.31. The third-order valence-corrected chi connectivity index (χ3v) is 7.12. The lowest BCUT2D eigenvalue weighted by molar-refractivity contribution is -0.119. The molecule has 3 N–H and O–H groups in total. The summed E-state index contributed by atoms with van der Waals surface area (Å²) in [6, 6.07) is 12.4. The van der Waals surface area contributed by atoms with Crippen LogP contribution in [0.3, 0.4) is 0 Å². The molecule has 10 nitrogen and oxygen atoms in total. The number of allylic oxidation sites excluding steroid dienone is 1. The van der Waals surface area contributed by atoms with E-state index < -0.39 is 5.60 Å². The number of rotatable bonds is 6. The smallest absolute Gasteiger partial charge is 0.414 e. The molecule has 1 saturated heterocycles. The van der Waals surface area contributed by atoms with Gasteiger partial charge in [-0.25, -0.2) is 14.3 Å². The van der Waals surface area contributed by atoms with Crippen LogP contribution in [0, 0.1) is 0 Å². The van der Waals surface area contributed by atoms with E-state index in [-0.39, 0.29) is 12.0 Å². The van der Waals surface area contributed by atoms with E-state index in [2.05, 4.69) is 39.5 Å². The Morgan fingerprint density at radius 1 is 1.08 bits per heavy atom. The molecule has 0 spiro atoms. The molecule has 39 heavy (non-hydrogen) atoms. The summed E-state index contributed by atoms with van der Waals surface area (Å²) in [5, 5.41) is 8.08. The fourth-order valence-electron chi connectivity index (χ4n) is 5.23. The Morgan fingerprint density at radius 3 is 2.51 bits per heavy atom. The van der Waals surface area contributed by atoms with Gasteiger partial charge in [-0.3, -0.25) is 14.6 Å². The van der Waals surface area contributed by atoms with E-state index >= 15 is 0 Å². The number of primary amides is 1. The van der Waals surface area contributed by atoms with Crippen LogP contribution in [0.5, 0.6) is 0 Å². The number of nitrogens with zero attached hydrogens (tertiary/aromatic N) is 5. The molecule has 3 aromatic rings. The maximum atomic E-state index is 12.6. The van der Waals surface area contributed by atoms with Crippen LogP contribution in [0.25, 0.3) is 11.1 Å². The van der Waals surface area contributed by atoms with Crippen molar-refractivity contribution in [1.29, 1.82) is 0 Å². The predicted octanol–water partition coefficient (Wildman–Crippen LogP) is 4.51. The van der Waals surface area contributed by atoms with Crippen LogP contribution < -0.4 is 11.1 Å². The van der Waals surface area contributed by atoms with Gasteiger partial charge in [0, 0.05) is 18.4 Å². The summed E-state index contributed by atoms with van der Waals surface area (Å²) >= 11 is 0. The number of benzene rings is 1. The molecular weight excluding hydrogens is 494 g/mol. The van der Waals surface area contributed by atoms with Crippen molar-refractivity contribution >= 4 is 34.7 Å². The second kappa shape index (κ2) is 11.1. The summed E-state index contributed by atoms with van der Waals surface area (Å²) in [5.74, 6) is 0.699. The summed E-state index contributed by atoms with van der Waals surface area (Å²) < 4.78 is 7.43. The van der Waals surface area contributed by atoms with Crippen molar-refractivity contribution in [2.75, 3.05) is 31.5 Å². The zero-order chi connectivity index (χ0) is 27.6. The van der Waals surface area contributed by atoms with Crippen molar-refractivity contribution < 1.29 is 14.3 Å². The normalized spacial score (nSPS) is 17.2. The Morgan fingerprint density at radius 2 is 1.82 bits per heavy atom. The SMILES string of the molecule is CC(C)(C)OC(=O)N1C=C(c2ccc3cnc(Nc4ccc(C5CCN(CC(N)=O)CC5)cc4)nn23)CCC1. The van der Waals surface area contributed by atoms with Gasteiger partial charge in [0.1, 0.15) is 5.60 Å². The highest BCUT2D eigenvalue weighted by molar-refractivity contribution is 5.76. The first-order valence-corrected chi connectivity index (χ1v) is 13.6. The molecule has 2 aromatic heterocycles. The number of fused-ring (bicyclic) bond motifs is 1. The summed E-state index contributed by atoms with van der Waals surface area (Å²) in [5.41, 5.74) is 9.83. The average molecular weight is 532 g/mol. The number of likely N-dealkylation sites (tertiary alicyclic amines) is 1. The molecule has 10 heteroatoms. The number of carbonyl (C=O) groups excluding carboxylic acids is 2. The first-order chi connectivity index (χ1) is 18.6. The first kappa shape index (κ1) is 26.7. The van der Waals surface area contributed by atoms with Gasteiger partial charge in [-0.1, -0.05) is 12.1 Å². The average Bonchev–Trinajstić information content (AvgIpc) is 3.32. The highest BCUT2D eigenvalue weighted by Crippen LogP contribution is 2.30. The monoisotopic (exact) mass is 531 g/mol. The Kier molecular flexibility index (Phi) is 7.56. The van der Waals surface area contributed by atoms with Gasteiger partial charge in [-0.2, -0.15) is 0 Å². The topological polar surface area (TPSA) is 118 Å². The molecule has 206 valence electrons. The molecule has 4 heterocycles. The van der Waals surface area contributed by atoms with Crippen LogP contribution in [0.4, 0.5) is 16.4 Å². The molecule has 2 aliphatic rings. The standard InChI is InChI=1S/C29H37N7O3/c1-29(2,3)39-28(38)35-14-4-5-22(18-35)25-11-10-24-17-31-27(33-36(24)25)32-23-8-6-20(7-9-23)21-12-15-34(16-13-21)19-26(30)37/h6-11,17-18,21H,4-5,12-16,19H2,1-3H3,(H2,30,37)(H,32,33). The summed E-state index contributed by atoms with van der Waals surface area (Å²) in [6.07, 6.45) is 7.06. The molecule has 2 amide bonds. The largest absolute Gasteiger partial charge is 0.443 e. The number of hydrogen-bond donors (Lipinski definition) is 2. The second-order valence-electron chi connectivity index (χ2n) is 11.3. The highest BCUT2D eigenvalue weighted by Gasteiger charge is 2.25. The zero-order valence-corrected chi connectivity index (χ0v) is 22.9. The van der Waals surface area contributed by atoms with Crippen molar-refractivity contribution in [1.82, 2.24) is 24.4 Å². The van der Waals surface area contributed by atoms with Crippen LogP contribution in [0.2, 0.25) is 0 Å². The van der Waals surface area contributed by atoms with E-state index in [1.807, 2.05) is 43.6 Å². The molecule has 0 aliphatic carbocycles. The Bertz CT molecular complexity index is 1370. The minimum absolute atomic E-state index is 0.269. The fourth-order valence-corrected chi connectivity index (χ4v) is 5.23. The van der Waals surface area contributed by atoms with Crippen LogP contribution in [-0.4, -0.2) is 68.2 Å². The number of anilines is 2. The molecule has 5 rings (SSSR count). The number of carbonyl (C=O) groups is 2. The number of aromatic nitrogens is 3. The van der Waals surface area contributed by atoms with Crippen molar-refractivity contribution in [2.24, 2.45) is 5.73 Å². The minimum Gasteiger partial charge on any atom is -0.443 e. The molecule has 2 aliphatic heterocycles. The van der Waals surface area contributed by atoms with Gasteiger partial charge < -0.3 is 15.8 Å². The number of amides is 2. The highest BCUT2D eigenvalue weighted by atomic mass is 16.6. The molecular formula is C29H37N7O3. The lowest BCUT2D eigenvalue weighted by Crippen LogP contribution is -2.39. The van der Waals surface area contributed by atoms with Crippen LogP contribution in [0.1, 0.15) is 63.6 Å². The molecule has 0 atom stereocenters. The van der Waals surface area contributed by atoms with E-state index in [1.165, 1.54) is 5.56 Å². The van der Waals surface area contributed by atoms with Gasteiger partial charge in [-0.15, -0.1) is 5.10 Å². The van der Waals surface area contributed by atoms with Crippen molar-refractivity contribution in [3.05, 3.63) is 60.1 Å². The maximum absolute atomic E-state index is 12.6. The molecule has 0 saturated carbocycles. The number of nitrogens with two attached hydrogens (primary N) is 1. The van der Waals surface area contributed by atoms with E-state index in [9.17, 15) is 9.59 Å². The van der Waals surface area contributed by atoms with E-state index in [4.69, 9.17) is 15.6 Å². The third-order valence-electron chi connectivity index (χ3n) is 7.12. The molecule has 0 unspecified atom stereocenters. The molecule has 1 fully saturated rings. The van der Waals surface area contributed by atoms with Gasteiger partial charge in [0.25, 0.3) is 0 Å². The fraction of sp³-hybridized carbons (Fsp3) is 0.448. The minimum atomic E-state index is -0.542. The Labute approximate surface area is 228 Å². The van der Waals surface area contributed by atoms with Gasteiger partial charge >= 0.3 is 6.09 Å². The van der Waals surface area contributed by atoms with E-state index in [0.717, 1.165) is 61.2 Å². The van der Waals surface area contributed by atoms with Gasteiger partial charge in [0.2, 0.25) is 11.9 Å². The van der Waals surface area contributed by atoms with Gasteiger partial charge in [0.15, 0.2) is 0 Å². The third kappa shape index (κ3) is 6.57. The molecule has 1 aromatic carbocycles. The molecule has 0 bridgehead atoms. The van der Waals surface area contributed by atoms with E-state index in [0.29, 0.717) is 25.0 Å². The number of nitrogens with one attached hydrogen (secondary N) is 1. The molecule has 0 radical (unpaired) electrons. The zero-order valence-electron chi connectivity index (χ0n) is 22.9. The maximum Gasteiger partial charge on any atom is 0.414 e. The van der Waals surface area contributed by atoms with Gasteiger partial charge in [0.05, 0.1) is 24.0 Å². The van der Waals surface area contributed by atoms with Crippen LogP contribution >= 0.6 is 0 Å². The Hall–Kier alpha value is -3.92. The Balaban J connectivity index is 1.27. The summed E-state index contributed by atoms with van der Waals surface area (Å²) in [6.45, 7) is 8.34. The van der Waals surface area contributed by atoms with E-state index in [1.54, 1.807) is 11.1 Å². The van der Waals surface area contributed by atoms with Crippen molar-refractivity contribution in [3.63, 3.8) is 0 Å². The summed E-state index contributed by atoms with van der Waals surface area (Å²) in [7, 11) is 0. The number of hydrogen-bond acceptors (Lipinski definition) is 7. The van der Waals surface area contributed by atoms with Crippen molar-refractivity contribution in [2.45, 2.75) is 58.0 Å². The number of piperidine rings is 1. The first-order valence-electron chi connectivity index (χ1n) is 13.6. The van der Waals surface area contributed by atoms with Gasteiger partial charge in [-0.05, 0) is 101 Å². The predicted molar refractivity (Wildman–Crippen MR) is 150 cm³/mol. The second-order valence-corrected chi connectivity index (χ2v) is 11.3. The summed E-state index contributed by atoms with van der Waals surface area (Å²) in [4.78, 5) is 32.1. The lowest BCUT2D eigenvalue weighted by atomic mass is 9.89. The quantitative estimate of drug-likeness (QED) is 0.480.